The summed E-state index contributed by atoms with van der Waals surface area (Å²) in [5, 5.41) is 8.00. The molecular weight excluding hydrogens is 338 g/mol. The molecule has 1 aromatic carbocycles. The van der Waals surface area contributed by atoms with E-state index >= 15 is 0 Å². The van der Waals surface area contributed by atoms with E-state index in [1.165, 1.54) is 0 Å². The molecule has 0 fully saturated rings. The molecule has 0 saturated heterocycles. The van der Waals surface area contributed by atoms with Crippen LogP contribution in [0.25, 0.3) is 22.2 Å². The lowest BCUT2D eigenvalue weighted by Gasteiger charge is -2.11. The highest BCUT2D eigenvalue weighted by Crippen LogP contribution is 2.26. The molecule has 1 N–H and O–H groups in total. The van der Waals surface area contributed by atoms with E-state index in [4.69, 9.17) is 4.98 Å². The first-order valence-corrected chi connectivity index (χ1v) is 8.64. The minimum atomic E-state index is -0.183. The molecule has 0 atom stereocenters. The molecule has 0 aliphatic heterocycles. The normalized spacial score (nSPS) is 10.9. The lowest BCUT2D eigenvalue weighted by atomic mass is 10.1. The van der Waals surface area contributed by atoms with E-state index in [1.807, 2.05) is 56.6 Å². The van der Waals surface area contributed by atoms with Crippen molar-refractivity contribution in [2.24, 2.45) is 7.05 Å². The molecular formula is C21H19N5O. The molecule has 6 heteroatoms. The first-order valence-electron chi connectivity index (χ1n) is 8.64. The molecule has 27 heavy (non-hydrogen) atoms. The average Bonchev–Trinajstić information content (AvgIpc) is 3.09. The zero-order valence-electron chi connectivity index (χ0n) is 15.4. The maximum Gasteiger partial charge on any atom is 0.273 e. The number of fused-ring (bicyclic) bond motifs is 1. The van der Waals surface area contributed by atoms with Crippen molar-refractivity contribution in [1.82, 2.24) is 19.7 Å². The Labute approximate surface area is 156 Å². The summed E-state index contributed by atoms with van der Waals surface area (Å²) in [4.78, 5) is 21.4. The van der Waals surface area contributed by atoms with Crippen LogP contribution in [-0.4, -0.2) is 25.7 Å². The van der Waals surface area contributed by atoms with Crippen molar-refractivity contribution in [2.45, 2.75) is 13.8 Å². The summed E-state index contributed by atoms with van der Waals surface area (Å²) in [5.74, 6) is -0.183. The lowest BCUT2D eigenvalue weighted by molar-refractivity contribution is 0.101. The number of hydrogen-bond donors (Lipinski definition) is 1. The number of carbonyl (C=O) groups excluding carboxylic acids is 1. The van der Waals surface area contributed by atoms with Gasteiger partial charge in [-0.25, -0.2) is 4.98 Å². The van der Waals surface area contributed by atoms with Gasteiger partial charge in [0.05, 0.1) is 11.2 Å². The van der Waals surface area contributed by atoms with Crippen LogP contribution in [0, 0.1) is 13.8 Å². The lowest BCUT2D eigenvalue weighted by Crippen LogP contribution is -2.16. The number of nitrogens with zero attached hydrogens (tertiary/aromatic N) is 4. The zero-order chi connectivity index (χ0) is 19.0. The van der Waals surface area contributed by atoms with Gasteiger partial charge in [0.15, 0.2) is 0 Å². The molecule has 0 saturated carbocycles. The number of benzene rings is 1. The first kappa shape index (κ1) is 16.9. The van der Waals surface area contributed by atoms with Gasteiger partial charge >= 0.3 is 0 Å². The molecule has 1 amide bonds. The second kappa shape index (κ2) is 6.64. The van der Waals surface area contributed by atoms with E-state index in [9.17, 15) is 4.79 Å². The number of nitrogens with one attached hydrogen (secondary N) is 1. The fraction of sp³-hybridized carbons (Fsp3) is 0.143. The third-order valence-electron chi connectivity index (χ3n) is 4.61. The van der Waals surface area contributed by atoms with Gasteiger partial charge in [0.2, 0.25) is 0 Å². The Morgan fingerprint density at radius 3 is 2.63 bits per heavy atom. The molecule has 6 nitrogen and oxygen atoms in total. The number of rotatable bonds is 3. The Kier molecular flexibility index (Phi) is 4.16. The van der Waals surface area contributed by atoms with E-state index in [2.05, 4.69) is 15.4 Å². The number of carbonyl (C=O) groups is 1. The van der Waals surface area contributed by atoms with Crippen LogP contribution in [0.3, 0.4) is 0 Å². The van der Waals surface area contributed by atoms with Gasteiger partial charge in [-0.2, -0.15) is 5.10 Å². The quantitative estimate of drug-likeness (QED) is 0.603. The van der Waals surface area contributed by atoms with Crippen molar-refractivity contribution in [3.05, 3.63) is 71.8 Å². The summed E-state index contributed by atoms with van der Waals surface area (Å²) in [6, 6.07) is 11.6. The Bertz CT molecular complexity index is 1160. The Balaban J connectivity index is 1.65. The molecule has 3 aromatic heterocycles. The van der Waals surface area contributed by atoms with E-state index in [-0.39, 0.29) is 5.91 Å². The third kappa shape index (κ3) is 3.17. The fourth-order valence-corrected chi connectivity index (χ4v) is 3.09. The summed E-state index contributed by atoms with van der Waals surface area (Å²) in [6.07, 6.45) is 5.25. The second-order valence-corrected chi connectivity index (χ2v) is 6.55. The number of pyridine rings is 2. The van der Waals surface area contributed by atoms with Crippen molar-refractivity contribution in [3.8, 4) is 11.3 Å². The van der Waals surface area contributed by atoms with Gasteiger partial charge in [-0.1, -0.05) is 6.07 Å². The highest BCUT2D eigenvalue weighted by molar-refractivity contribution is 6.03. The predicted octanol–water partition coefficient (Wildman–Crippen LogP) is 3.90. The van der Waals surface area contributed by atoms with Crippen molar-refractivity contribution >= 4 is 22.5 Å². The van der Waals surface area contributed by atoms with Crippen LogP contribution < -0.4 is 5.32 Å². The Morgan fingerprint density at radius 2 is 1.89 bits per heavy atom. The van der Waals surface area contributed by atoms with Gasteiger partial charge in [0.25, 0.3) is 5.91 Å². The molecule has 3 heterocycles. The smallest absolute Gasteiger partial charge is 0.273 e. The number of amides is 1. The largest absolute Gasteiger partial charge is 0.320 e. The minimum absolute atomic E-state index is 0.183. The second-order valence-electron chi connectivity index (χ2n) is 6.55. The van der Waals surface area contributed by atoms with Gasteiger partial charge in [0.1, 0.15) is 5.69 Å². The molecule has 0 bridgehead atoms. The fourth-order valence-electron chi connectivity index (χ4n) is 3.09. The standard InChI is InChI=1S/C21H19N5O/c1-13-10-15(18-7-5-16-12-22-11-14(2)20(16)24-18)4-6-17(13)25-21(27)19-8-9-23-26(19)3/h4-12H,1-3H3,(H,25,27). The van der Waals surface area contributed by atoms with Gasteiger partial charge in [-0.05, 0) is 55.3 Å². The van der Waals surface area contributed by atoms with E-state index < -0.39 is 0 Å². The molecule has 0 aliphatic carbocycles. The summed E-state index contributed by atoms with van der Waals surface area (Å²) in [5.41, 5.74) is 6.15. The van der Waals surface area contributed by atoms with Gasteiger partial charge in [-0.3, -0.25) is 14.5 Å². The van der Waals surface area contributed by atoms with Crippen LogP contribution in [0.2, 0.25) is 0 Å². The molecule has 134 valence electrons. The van der Waals surface area contributed by atoms with Crippen LogP contribution in [0.15, 0.2) is 55.0 Å². The van der Waals surface area contributed by atoms with E-state index in [0.717, 1.165) is 39.0 Å². The van der Waals surface area contributed by atoms with Crippen molar-refractivity contribution in [1.29, 1.82) is 0 Å². The number of aryl methyl sites for hydroxylation is 3. The molecule has 4 aromatic rings. The number of hydrogen-bond acceptors (Lipinski definition) is 4. The number of anilines is 1. The maximum absolute atomic E-state index is 12.4. The summed E-state index contributed by atoms with van der Waals surface area (Å²) in [6.45, 7) is 3.98. The minimum Gasteiger partial charge on any atom is -0.320 e. The molecule has 0 radical (unpaired) electrons. The number of aromatic nitrogens is 4. The third-order valence-corrected chi connectivity index (χ3v) is 4.61. The van der Waals surface area contributed by atoms with Crippen LogP contribution in [0.1, 0.15) is 21.6 Å². The van der Waals surface area contributed by atoms with Gasteiger partial charge in [0, 0.05) is 42.3 Å². The zero-order valence-corrected chi connectivity index (χ0v) is 15.4. The highest BCUT2D eigenvalue weighted by atomic mass is 16.2. The van der Waals surface area contributed by atoms with Crippen molar-refractivity contribution in [2.75, 3.05) is 5.32 Å². The highest BCUT2D eigenvalue weighted by Gasteiger charge is 2.12. The van der Waals surface area contributed by atoms with Crippen molar-refractivity contribution < 1.29 is 4.79 Å². The van der Waals surface area contributed by atoms with Gasteiger partial charge < -0.3 is 5.32 Å². The summed E-state index contributed by atoms with van der Waals surface area (Å²) >= 11 is 0. The monoisotopic (exact) mass is 357 g/mol. The van der Waals surface area contributed by atoms with Crippen LogP contribution in [-0.2, 0) is 7.05 Å². The Hall–Kier alpha value is -3.54. The Morgan fingerprint density at radius 1 is 1.04 bits per heavy atom. The SMILES string of the molecule is Cc1cc(-c2ccc3cncc(C)c3n2)ccc1NC(=O)c1ccnn1C. The molecule has 0 unspecified atom stereocenters. The first-order chi connectivity index (χ1) is 13.0. The topological polar surface area (TPSA) is 72.7 Å². The summed E-state index contributed by atoms with van der Waals surface area (Å²) in [7, 11) is 1.74. The molecule has 0 aliphatic rings. The van der Waals surface area contributed by atoms with Crippen LogP contribution in [0.4, 0.5) is 5.69 Å². The van der Waals surface area contributed by atoms with E-state index in [0.29, 0.717) is 5.69 Å². The molecule has 4 rings (SSSR count). The maximum atomic E-state index is 12.4. The molecule has 0 spiro atoms. The van der Waals surface area contributed by atoms with Crippen LogP contribution >= 0.6 is 0 Å². The summed E-state index contributed by atoms with van der Waals surface area (Å²) < 4.78 is 1.55. The predicted molar refractivity (Wildman–Crippen MR) is 106 cm³/mol. The van der Waals surface area contributed by atoms with Crippen molar-refractivity contribution in [3.63, 3.8) is 0 Å². The van der Waals surface area contributed by atoms with E-state index in [1.54, 1.807) is 24.0 Å². The van der Waals surface area contributed by atoms with Crippen LogP contribution in [0.5, 0.6) is 0 Å². The average molecular weight is 357 g/mol. The van der Waals surface area contributed by atoms with Gasteiger partial charge in [-0.15, -0.1) is 0 Å².